The van der Waals surface area contributed by atoms with E-state index in [1.807, 2.05) is 13.8 Å². The Morgan fingerprint density at radius 3 is 2.24 bits per heavy atom. The van der Waals surface area contributed by atoms with Gasteiger partial charge in [-0.05, 0) is 12.0 Å². The molecule has 1 fully saturated rings. The summed E-state index contributed by atoms with van der Waals surface area (Å²) in [6.07, 6.45) is 7.27. The van der Waals surface area contributed by atoms with Gasteiger partial charge < -0.3 is 10.5 Å². The van der Waals surface area contributed by atoms with E-state index in [2.05, 4.69) is 25.7 Å². The first-order valence-electron chi connectivity index (χ1n) is 8.36. The molecule has 1 aliphatic heterocycles. The predicted octanol–water partition coefficient (Wildman–Crippen LogP) is 3.22. The second-order valence-corrected chi connectivity index (χ2v) is 5.02. The Kier molecular flexibility index (Phi) is 18.3. The molecule has 21 heavy (non-hydrogen) atoms. The van der Waals surface area contributed by atoms with Crippen LogP contribution in [0.2, 0.25) is 0 Å². The summed E-state index contributed by atoms with van der Waals surface area (Å²) in [6.45, 7) is 15.0. The van der Waals surface area contributed by atoms with Gasteiger partial charge in [-0.15, -0.1) is 0 Å². The molecule has 1 aliphatic rings. The zero-order valence-electron chi connectivity index (χ0n) is 14.7. The molecule has 0 saturated carbocycles. The lowest BCUT2D eigenvalue weighted by atomic mass is 10.0. The highest BCUT2D eigenvalue weighted by atomic mass is 16.5. The molecule has 0 aromatic carbocycles. The minimum absolute atomic E-state index is 0.386. The fourth-order valence-corrected chi connectivity index (χ4v) is 1.80. The Hall–Kier alpha value is -0.870. The van der Waals surface area contributed by atoms with Crippen LogP contribution in [-0.2, 0) is 9.53 Å². The van der Waals surface area contributed by atoms with E-state index in [0.717, 1.165) is 38.8 Å². The van der Waals surface area contributed by atoms with Gasteiger partial charge in [-0.25, -0.2) is 0 Å². The van der Waals surface area contributed by atoms with Crippen molar-refractivity contribution in [1.82, 2.24) is 4.90 Å². The average Bonchev–Trinajstić information content (AvgIpc) is 2.51. The van der Waals surface area contributed by atoms with Crippen molar-refractivity contribution in [2.75, 3.05) is 32.8 Å². The van der Waals surface area contributed by atoms with Crippen LogP contribution >= 0.6 is 0 Å². The van der Waals surface area contributed by atoms with Gasteiger partial charge in [0.15, 0.2) is 0 Å². The fourth-order valence-electron chi connectivity index (χ4n) is 1.80. The molecule has 4 heteroatoms. The number of hydrogen-bond donors (Lipinski definition) is 1. The van der Waals surface area contributed by atoms with Crippen LogP contribution in [0.15, 0.2) is 12.2 Å². The summed E-state index contributed by atoms with van der Waals surface area (Å²) >= 11 is 0. The number of amides is 1. The van der Waals surface area contributed by atoms with Gasteiger partial charge in [0.2, 0.25) is 5.91 Å². The van der Waals surface area contributed by atoms with Crippen LogP contribution in [0.4, 0.5) is 0 Å². The molecular formula is C17H36N2O2. The SMILES string of the molecule is CC.CCCC(C)CC.NC(=O)/C=C/CN1CCOCC1. The van der Waals surface area contributed by atoms with E-state index in [9.17, 15) is 4.79 Å². The highest BCUT2D eigenvalue weighted by molar-refractivity contribution is 5.85. The first kappa shape index (κ1) is 22.4. The highest BCUT2D eigenvalue weighted by Gasteiger charge is 2.07. The van der Waals surface area contributed by atoms with Gasteiger partial charge in [-0.3, -0.25) is 9.69 Å². The van der Waals surface area contributed by atoms with Crippen molar-refractivity contribution in [3.8, 4) is 0 Å². The van der Waals surface area contributed by atoms with Gasteiger partial charge in [0, 0.05) is 19.6 Å². The van der Waals surface area contributed by atoms with E-state index in [4.69, 9.17) is 10.5 Å². The quantitative estimate of drug-likeness (QED) is 0.766. The van der Waals surface area contributed by atoms with Crippen LogP contribution in [0.3, 0.4) is 0 Å². The van der Waals surface area contributed by atoms with Crippen LogP contribution < -0.4 is 5.73 Å². The maximum Gasteiger partial charge on any atom is 0.241 e. The molecule has 0 bridgehead atoms. The monoisotopic (exact) mass is 300 g/mol. The van der Waals surface area contributed by atoms with Crippen LogP contribution in [0.5, 0.6) is 0 Å². The van der Waals surface area contributed by atoms with Crippen LogP contribution in [0.1, 0.15) is 53.9 Å². The second kappa shape index (κ2) is 17.2. The minimum Gasteiger partial charge on any atom is -0.379 e. The molecule has 126 valence electrons. The van der Waals surface area contributed by atoms with Crippen LogP contribution in [-0.4, -0.2) is 43.7 Å². The molecule has 1 heterocycles. The summed E-state index contributed by atoms with van der Waals surface area (Å²) < 4.78 is 5.17. The number of hydrogen-bond acceptors (Lipinski definition) is 3. The maximum absolute atomic E-state index is 10.3. The third kappa shape index (κ3) is 17.1. The third-order valence-electron chi connectivity index (χ3n) is 3.23. The number of nitrogens with two attached hydrogens (primary N) is 1. The Bertz CT molecular complexity index is 249. The largest absolute Gasteiger partial charge is 0.379 e. The molecule has 1 amide bonds. The minimum atomic E-state index is -0.386. The van der Waals surface area contributed by atoms with E-state index >= 15 is 0 Å². The zero-order valence-corrected chi connectivity index (χ0v) is 14.7. The van der Waals surface area contributed by atoms with E-state index in [1.165, 1.54) is 25.3 Å². The molecule has 1 rings (SSSR count). The lowest BCUT2D eigenvalue weighted by molar-refractivity contribution is -0.113. The summed E-state index contributed by atoms with van der Waals surface area (Å²) in [6, 6.07) is 0. The average molecular weight is 300 g/mol. The first-order valence-corrected chi connectivity index (χ1v) is 8.36. The van der Waals surface area contributed by atoms with Gasteiger partial charge in [-0.2, -0.15) is 0 Å². The van der Waals surface area contributed by atoms with Gasteiger partial charge in [0.05, 0.1) is 13.2 Å². The van der Waals surface area contributed by atoms with Crippen molar-refractivity contribution in [3.05, 3.63) is 12.2 Å². The predicted molar refractivity (Wildman–Crippen MR) is 91.3 cm³/mol. The molecule has 1 saturated heterocycles. The Balaban J connectivity index is 0. The Morgan fingerprint density at radius 2 is 1.86 bits per heavy atom. The standard InChI is InChI=1S/C8H14N2O2.C7H16.C2H6/c9-8(11)2-1-3-10-4-6-12-7-5-10;1-4-6-7(3)5-2;1-2/h1-2H,3-7H2,(H2,9,11);7H,4-6H2,1-3H3;1-2H3/b2-1+;;. The molecule has 2 N–H and O–H groups in total. The molecule has 0 radical (unpaired) electrons. The Morgan fingerprint density at radius 1 is 1.29 bits per heavy atom. The molecule has 0 aromatic rings. The number of rotatable bonds is 6. The van der Waals surface area contributed by atoms with Crippen molar-refractivity contribution < 1.29 is 9.53 Å². The number of nitrogens with zero attached hydrogens (tertiary/aromatic N) is 1. The molecule has 4 nitrogen and oxygen atoms in total. The Labute approximate surface area is 131 Å². The molecular weight excluding hydrogens is 264 g/mol. The van der Waals surface area contributed by atoms with Gasteiger partial charge in [0.1, 0.15) is 0 Å². The summed E-state index contributed by atoms with van der Waals surface area (Å²) in [5.74, 6) is 0.563. The number of carbonyl (C=O) groups is 1. The van der Waals surface area contributed by atoms with Crippen molar-refractivity contribution in [3.63, 3.8) is 0 Å². The molecule has 0 aliphatic carbocycles. The molecule has 1 atom stereocenters. The number of primary amides is 1. The molecule has 0 aromatic heterocycles. The zero-order chi connectivity index (χ0) is 16.5. The van der Waals surface area contributed by atoms with Crippen molar-refractivity contribution in [2.45, 2.75) is 53.9 Å². The van der Waals surface area contributed by atoms with Crippen LogP contribution in [0.25, 0.3) is 0 Å². The van der Waals surface area contributed by atoms with Crippen molar-refractivity contribution >= 4 is 5.91 Å². The first-order chi connectivity index (χ1) is 10.1. The normalized spacial score (nSPS) is 16.4. The van der Waals surface area contributed by atoms with Crippen LogP contribution in [0, 0.1) is 5.92 Å². The van der Waals surface area contributed by atoms with Gasteiger partial charge in [-0.1, -0.05) is 60.0 Å². The molecule has 0 spiro atoms. The third-order valence-corrected chi connectivity index (χ3v) is 3.23. The number of morpholine rings is 1. The number of carbonyl (C=O) groups excluding carboxylic acids is 1. The topological polar surface area (TPSA) is 55.6 Å². The summed E-state index contributed by atoms with van der Waals surface area (Å²) in [5, 5.41) is 0. The van der Waals surface area contributed by atoms with E-state index in [0.29, 0.717) is 0 Å². The van der Waals surface area contributed by atoms with Crippen molar-refractivity contribution in [2.24, 2.45) is 11.7 Å². The smallest absolute Gasteiger partial charge is 0.241 e. The second-order valence-electron chi connectivity index (χ2n) is 5.02. The summed E-state index contributed by atoms with van der Waals surface area (Å²) in [7, 11) is 0. The van der Waals surface area contributed by atoms with E-state index in [1.54, 1.807) is 6.08 Å². The lowest BCUT2D eigenvalue weighted by Crippen LogP contribution is -2.36. The van der Waals surface area contributed by atoms with E-state index in [-0.39, 0.29) is 5.91 Å². The lowest BCUT2D eigenvalue weighted by Gasteiger charge is -2.24. The summed E-state index contributed by atoms with van der Waals surface area (Å²) in [5.41, 5.74) is 4.94. The fraction of sp³-hybridized carbons (Fsp3) is 0.824. The van der Waals surface area contributed by atoms with Crippen molar-refractivity contribution in [1.29, 1.82) is 0 Å². The highest BCUT2D eigenvalue weighted by Crippen LogP contribution is 2.07. The van der Waals surface area contributed by atoms with Gasteiger partial charge in [0.25, 0.3) is 0 Å². The van der Waals surface area contributed by atoms with E-state index < -0.39 is 0 Å². The summed E-state index contributed by atoms with van der Waals surface area (Å²) in [4.78, 5) is 12.5. The van der Waals surface area contributed by atoms with Gasteiger partial charge >= 0.3 is 0 Å². The molecule has 1 unspecified atom stereocenters. The number of ether oxygens (including phenoxy) is 1. The maximum atomic E-state index is 10.3.